The summed E-state index contributed by atoms with van der Waals surface area (Å²) in [5, 5.41) is 6.82. The van der Waals surface area contributed by atoms with Gasteiger partial charge in [-0.1, -0.05) is 84.9 Å². The third kappa shape index (κ3) is 6.55. The maximum Gasteiger partial charge on any atom is 0.293 e. The second kappa shape index (κ2) is 16.2. The second-order valence-electron chi connectivity index (χ2n) is 20.2. The van der Waals surface area contributed by atoms with Crippen molar-refractivity contribution in [2.75, 3.05) is 50.1 Å². The molecule has 4 amide bonds. The minimum Gasteiger partial charge on any atom is -0.472 e. The lowest BCUT2D eigenvalue weighted by atomic mass is 9.80. The molecule has 0 saturated carbocycles. The van der Waals surface area contributed by atoms with E-state index in [1.807, 2.05) is 52.3 Å². The van der Waals surface area contributed by atoms with Crippen molar-refractivity contribution in [3.05, 3.63) is 137 Å². The molecule has 0 aromatic heterocycles. The number of hydrogen-bond donors (Lipinski definition) is 2. The Labute approximate surface area is 395 Å². The molecule has 11 nitrogen and oxygen atoms in total. The minimum atomic E-state index is -3.10. The van der Waals surface area contributed by atoms with Crippen LogP contribution in [-0.2, 0) is 48.1 Å². The number of para-hydroxylation sites is 1. The molecule has 4 heterocycles. The number of halogens is 2. The summed E-state index contributed by atoms with van der Waals surface area (Å²) in [7, 11) is 3.08. The van der Waals surface area contributed by atoms with Gasteiger partial charge in [0.15, 0.2) is 0 Å². The molecule has 2 aliphatic carbocycles. The van der Waals surface area contributed by atoms with Crippen LogP contribution in [-0.4, -0.2) is 85.8 Å². The molecule has 2 fully saturated rings. The number of anilines is 2. The molecule has 2 N–H and O–H groups in total. The number of piperidine rings is 2. The first-order chi connectivity index (χ1) is 32.7. The van der Waals surface area contributed by atoms with Gasteiger partial charge in [-0.2, -0.15) is 8.78 Å². The highest BCUT2D eigenvalue weighted by atomic mass is 19.3. The maximum atomic E-state index is 16.4. The van der Waals surface area contributed by atoms with Gasteiger partial charge in [0.25, 0.3) is 11.8 Å². The summed E-state index contributed by atoms with van der Waals surface area (Å²) in [5.74, 6) is -4.05. The molecular formula is C55H58F2N6O5. The number of alkyl halides is 2. The van der Waals surface area contributed by atoms with Gasteiger partial charge in [-0.15, -0.1) is 0 Å². The molecule has 5 aromatic rings. The number of likely N-dealkylation sites (tertiary alicyclic amines) is 2. The highest BCUT2D eigenvalue weighted by molar-refractivity contribution is 6.11. The van der Waals surface area contributed by atoms with Crippen LogP contribution >= 0.6 is 0 Å². The first-order valence-corrected chi connectivity index (χ1v) is 24.2. The highest BCUT2D eigenvalue weighted by Crippen LogP contribution is 2.56. The van der Waals surface area contributed by atoms with Crippen LogP contribution in [0.2, 0.25) is 0 Å². The molecule has 0 bridgehead atoms. The molecular weight excluding hydrogens is 863 g/mol. The smallest absolute Gasteiger partial charge is 0.293 e. The minimum absolute atomic E-state index is 0.0464. The van der Waals surface area contributed by atoms with Crippen molar-refractivity contribution in [3.8, 4) is 5.75 Å². The number of rotatable bonds is 10. The molecule has 2 unspecified atom stereocenters. The number of amides is 4. The summed E-state index contributed by atoms with van der Waals surface area (Å²) >= 11 is 0. The molecule has 4 aliphatic heterocycles. The Kier molecular flexibility index (Phi) is 10.6. The summed E-state index contributed by atoms with van der Waals surface area (Å²) in [6.07, 6.45) is 4.02. The van der Waals surface area contributed by atoms with Crippen molar-refractivity contribution in [2.24, 2.45) is 0 Å². The number of aryl methyl sites for hydroxylation is 1. The fraction of sp³-hybridized carbons (Fsp3) is 0.418. The van der Waals surface area contributed by atoms with Crippen LogP contribution in [0.1, 0.15) is 98.2 Å². The van der Waals surface area contributed by atoms with E-state index in [9.17, 15) is 14.4 Å². The van der Waals surface area contributed by atoms with Crippen molar-refractivity contribution in [3.63, 3.8) is 0 Å². The van der Waals surface area contributed by atoms with Gasteiger partial charge in [0.2, 0.25) is 23.3 Å². The topological polar surface area (TPSA) is 115 Å². The number of benzene rings is 5. The summed E-state index contributed by atoms with van der Waals surface area (Å²) in [6.45, 7) is 6.36. The molecule has 6 aliphatic rings. The van der Waals surface area contributed by atoms with Crippen LogP contribution in [0.15, 0.2) is 103 Å². The van der Waals surface area contributed by atoms with Gasteiger partial charge in [0.05, 0.1) is 23.2 Å². The third-order valence-corrected chi connectivity index (χ3v) is 16.6. The van der Waals surface area contributed by atoms with Gasteiger partial charge in [-0.25, -0.2) is 0 Å². The zero-order valence-electron chi connectivity index (χ0n) is 39.1. The number of nitrogens with zero attached hydrogens (tertiary/aromatic N) is 4. The lowest BCUT2D eigenvalue weighted by Gasteiger charge is -2.45. The first kappa shape index (κ1) is 44.3. The maximum absolute atomic E-state index is 16.4. The average molecular weight is 921 g/mol. The summed E-state index contributed by atoms with van der Waals surface area (Å²) < 4.78 is 39.8. The molecule has 11 rings (SSSR count). The van der Waals surface area contributed by atoms with E-state index in [4.69, 9.17) is 4.74 Å². The summed E-state index contributed by atoms with van der Waals surface area (Å²) in [6, 6.07) is 30.5. The largest absolute Gasteiger partial charge is 0.472 e. The van der Waals surface area contributed by atoms with E-state index in [0.717, 1.165) is 44.2 Å². The molecule has 13 heteroatoms. The Balaban J connectivity index is 0.900. The van der Waals surface area contributed by atoms with Crippen molar-refractivity contribution in [1.82, 2.24) is 20.4 Å². The number of fused-ring (bicyclic) bond motifs is 3. The van der Waals surface area contributed by atoms with Gasteiger partial charge in [-0.3, -0.25) is 29.0 Å². The third-order valence-electron chi connectivity index (χ3n) is 16.6. The quantitative estimate of drug-likeness (QED) is 0.146. The number of hydrogen-bond acceptors (Lipinski definition) is 7. The molecule has 0 spiro atoms. The Morgan fingerprint density at radius 3 is 2.01 bits per heavy atom. The van der Waals surface area contributed by atoms with Gasteiger partial charge in [0, 0.05) is 81.5 Å². The van der Waals surface area contributed by atoms with Crippen LogP contribution < -0.4 is 25.2 Å². The standard InChI is InChI=1S/C55H58F2N6O5/c1-52(32-46(64)58-3)41-20-19-38(31-45(41)63(50(52)66)36-22-27-60(28-23-36)49-39-14-9-12-35-13-10-17-43(48(35)39)55(49,56)57)68-54(33-47(65)59-4)42-16-7-8-18-44(42)62(51(54)67)37-24-29-61(30-25-37)53(2)26-21-34-11-5-6-15-40(34)53/h5-20,31,36-37,49H,21-30,32-33H2,1-4H3,(H,58,64)(H,59,65)/t49-,52-,53?,54?/m1/s1. The van der Waals surface area contributed by atoms with E-state index in [1.165, 1.54) is 24.2 Å². The SMILES string of the molecule is CNC(=O)CC1(Oc2ccc3c(c2)N(C2CCN([C@@H]4c5cccc6cccc(c56)C4(F)F)CC2)C(=O)[C@]3(C)CC(=O)NC)C(=O)N(C2CCN(C3(C)CCc4ccccc43)CC2)c2ccccc21. The van der Waals surface area contributed by atoms with Crippen LogP contribution in [0, 0.1) is 0 Å². The van der Waals surface area contributed by atoms with E-state index in [2.05, 4.69) is 46.7 Å². The zero-order valence-corrected chi connectivity index (χ0v) is 39.1. The first-order valence-electron chi connectivity index (χ1n) is 24.2. The van der Waals surface area contributed by atoms with Crippen molar-refractivity contribution in [1.29, 1.82) is 0 Å². The fourth-order valence-electron chi connectivity index (χ4n) is 13.1. The summed E-state index contributed by atoms with van der Waals surface area (Å²) in [4.78, 5) is 65.1. The lowest BCUT2D eigenvalue weighted by Crippen LogP contribution is -2.55. The second-order valence-corrected chi connectivity index (χ2v) is 20.2. The van der Waals surface area contributed by atoms with Gasteiger partial charge in [0.1, 0.15) is 11.8 Å². The van der Waals surface area contributed by atoms with Gasteiger partial charge in [-0.05, 0) is 97.5 Å². The van der Waals surface area contributed by atoms with E-state index < -0.39 is 23.0 Å². The fourth-order valence-corrected chi connectivity index (χ4v) is 13.1. The molecule has 4 atom stereocenters. The van der Waals surface area contributed by atoms with E-state index in [1.54, 1.807) is 49.2 Å². The lowest BCUT2D eigenvalue weighted by molar-refractivity contribution is -0.140. The molecule has 0 radical (unpaired) electrons. The normalized spacial score (nSPS) is 26.8. The molecule has 68 heavy (non-hydrogen) atoms. The Hall–Kier alpha value is -6.18. The number of ether oxygens (including phenoxy) is 1. The molecule has 5 aromatic carbocycles. The van der Waals surface area contributed by atoms with E-state index in [0.29, 0.717) is 59.4 Å². The predicted molar refractivity (Wildman–Crippen MR) is 257 cm³/mol. The predicted octanol–water partition coefficient (Wildman–Crippen LogP) is 7.97. The molecule has 2 saturated heterocycles. The Morgan fingerprint density at radius 1 is 0.676 bits per heavy atom. The number of carbonyl (C=O) groups excluding carboxylic acids is 4. The van der Waals surface area contributed by atoms with Crippen LogP contribution in [0.25, 0.3) is 10.8 Å². The van der Waals surface area contributed by atoms with Crippen molar-refractivity contribution in [2.45, 2.75) is 106 Å². The van der Waals surface area contributed by atoms with E-state index >= 15 is 13.6 Å². The number of carbonyl (C=O) groups is 4. The summed E-state index contributed by atoms with van der Waals surface area (Å²) in [5.41, 5.74) is 2.89. The van der Waals surface area contributed by atoms with Crippen molar-refractivity contribution < 1.29 is 32.7 Å². The Morgan fingerprint density at radius 2 is 1.29 bits per heavy atom. The van der Waals surface area contributed by atoms with E-state index in [-0.39, 0.29) is 65.4 Å². The zero-order chi connectivity index (χ0) is 47.3. The van der Waals surface area contributed by atoms with Gasteiger partial charge < -0.3 is 25.2 Å². The van der Waals surface area contributed by atoms with Crippen LogP contribution in [0.4, 0.5) is 20.2 Å². The average Bonchev–Trinajstić information content (AvgIpc) is 3.97. The Bertz CT molecular complexity index is 2890. The van der Waals surface area contributed by atoms with Gasteiger partial charge >= 0.3 is 0 Å². The number of nitrogens with one attached hydrogen (secondary N) is 2. The van der Waals surface area contributed by atoms with Crippen LogP contribution in [0.3, 0.4) is 0 Å². The van der Waals surface area contributed by atoms with Crippen LogP contribution in [0.5, 0.6) is 5.75 Å². The highest BCUT2D eigenvalue weighted by Gasteiger charge is 2.58. The molecule has 352 valence electrons. The van der Waals surface area contributed by atoms with Crippen molar-refractivity contribution >= 4 is 45.8 Å². The monoisotopic (exact) mass is 920 g/mol.